The highest BCUT2D eigenvalue weighted by atomic mass is 32.1. The van der Waals surface area contributed by atoms with Crippen molar-refractivity contribution in [3.8, 4) is 5.75 Å². The molecule has 1 heterocycles. The summed E-state index contributed by atoms with van der Waals surface area (Å²) >= 11 is 1.73. The average Bonchev–Trinajstić information content (AvgIpc) is 2.82. The number of hydrogen-bond acceptors (Lipinski definition) is 4. The van der Waals surface area contributed by atoms with Crippen molar-refractivity contribution in [1.82, 2.24) is 4.90 Å². The van der Waals surface area contributed by atoms with Crippen LogP contribution in [-0.4, -0.2) is 19.1 Å². The van der Waals surface area contributed by atoms with Gasteiger partial charge in [0, 0.05) is 13.1 Å². The summed E-state index contributed by atoms with van der Waals surface area (Å²) in [6.45, 7) is 1.83. The number of ether oxygens (including phenoxy) is 1. The van der Waals surface area contributed by atoms with Crippen LogP contribution in [0.25, 0.3) is 0 Å². The number of nitrogens with two attached hydrogens (primary N) is 1. The Morgan fingerprint density at radius 1 is 1.22 bits per heavy atom. The van der Waals surface area contributed by atoms with Crippen molar-refractivity contribution in [3.63, 3.8) is 0 Å². The number of thiophene rings is 1. The second kappa shape index (κ2) is 5.89. The quantitative estimate of drug-likeness (QED) is 0.842. The molecule has 0 unspecified atom stereocenters. The maximum atomic E-state index is 5.90. The molecule has 0 amide bonds. The van der Waals surface area contributed by atoms with E-state index in [1.807, 2.05) is 12.1 Å². The zero-order chi connectivity index (χ0) is 13.0. The normalized spacial score (nSPS) is 10.8. The van der Waals surface area contributed by atoms with E-state index < -0.39 is 0 Å². The molecule has 3 nitrogen and oxygen atoms in total. The number of nitrogens with zero attached hydrogens (tertiary/aromatic N) is 1. The largest absolute Gasteiger partial charge is 0.495 e. The summed E-state index contributed by atoms with van der Waals surface area (Å²) in [5.74, 6) is 0.735. The molecule has 18 heavy (non-hydrogen) atoms. The van der Waals surface area contributed by atoms with E-state index in [4.69, 9.17) is 10.5 Å². The highest BCUT2D eigenvalue weighted by molar-refractivity contribution is 7.07. The van der Waals surface area contributed by atoms with E-state index in [1.54, 1.807) is 18.4 Å². The maximum Gasteiger partial charge on any atom is 0.141 e. The van der Waals surface area contributed by atoms with Gasteiger partial charge >= 0.3 is 0 Å². The smallest absolute Gasteiger partial charge is 0.141 e. The average molecular weight is 262 g/mol. The summed E-state index contributed by atoms with van der Waals surface area (Å²) < 4.78 is 5.15. The van der Waals surface area contributed by atoms with Gasteiger partial charge in [-0.2, -0.15) is 11.3 Å². The standard InChI is InChI=1S/C14H18N2OS/c1-16(9-12-5-6-18-10-12)8-11-3-4-14(17-2)13(15)7-11/h3-7,10H,8-9,15H2,1-2H3. The Kier molecular flexibility index (Phi) is 4.23. The first-order chi connectivity index (χ1) is 8.69. The van der Waals surface area contributed by atoms with E-state index in [9.17, 15) is 0 Å². The van der Waals surface area contributed by atoms with Crippen LogP contribution in [0.4, 0.5) is 5.69 Å². The highest BCUT2D eigenvalue weighted by Crippen LogP contribution is 2.22. The first-order valence-electron chi connectivity index (χ1n) is 5.81. The fourth-order valence-corrected chi connectivity index (χ4v) is 2.60. The molecule has 0 bridgehead atoms. The fourth-order valence-electron chi connectivity index (χ4n) is 1.94. The summed E-state index contributed by atoms with van der Waals surface area (Å²) in [5, 5.41) is 4.29. The molecule has 0 aliphatic rings. The van der Waals surface area contributed by atoms with Crippen molar-refractivity contribution in [3.05, 3.63) is 46.2 Å². The van der Waals surface area contributed by atoms with E-state index in [1.165, 1.54) is 11.1 Å². The lowest BCUT2D eigenvalue weighted by molar-refractivity contribution is 0.319. The molecule has 0 radical (unpaired) electrons. The Morgan fingerprint density at radius 3 is 2.61 bits per heavy atom. The Balaban J connectivity index is 1.98. The van der Waals surface area contributed by atoms with Gasteiger partial charge in [-0.1, -0.05) is 6.07 Å². The third kappa shape index (κ3) is 3.24. The SMILES string of the molecule is COc1ccc(CN(C)Cc2ccsc2)cc1N. The van der Waals surface area contributed by atoms with Crippen LogP contribution in [-0.2, 0) is 13.1 Å². The van der Waals surface area contributed by atoms with Crippen molar-refractivity contribution in [2.24, 2.45) is 0 Å². The second-order valence-electron chi connectivity index (χ2n) is 4.38. The van der Waals surface area contributed by atoms with Crippen LogP contribution >= 0.6 is 11.3 Å². The van der Waals surface area contributed by atoms with Crippen molar-refractivity contribution in [1.29, 1.82) is 0 Å². The zero-order valence-electron chi connectivity index (χ0n) is 10.7. The Labute approximate surface area is 112 Å². The molecule has 2 aromatic rings. The zero-order valence-corrected chi connectivity index (χ0v) is 11.5. The Hall–Kier alpha value is -1.52. The van der Waals surface area contributed by atoms with E-state index >= 15 is 0 Å². The molecule has 96 valence electrons. The minimum Gasteiger partial charge on any atom is -0.495 e. The van der Waals surface area contributed by atoms with Crippen molar-refractivity contribution in [2.45, 2.75) is 13.1 Å². The van der Waals surface area contributed by atoms with Crippen molar-refractivity contribution in [2.75, 3.05) is 19.9 Å². The van der Waals surface area contributed by atoms with Crippen LogP contribution < -0.4 is 10.5 Å². The Bertz CT molecular complexity index is 497. The molecule has 2 N–H and O–H groups in total. The van der Waals surface area contributed by atoms with Gasteiger partial charge in [0.1, 0.15) is 5.75 Å². The fraction of sp³-hybridized carbons (Fsp3) is 0.286. The molecule has 0 saturated carbocycles. The van der Waals surface area contributed by atoms with Gasteiger partial charge in [-0.25, -0.2) is 0 Å². The number of hydrogen-bond donors (Lipinski definition) is 1. The molecular weight excluding hydrogens is 244 g/mol. The number of anilines is 1. The number of nitrogen functional groups attached to an aromatic ring is 1. The maximum absolute atomic E-state index is 5.90. The Morgan fingerprint density at radius 2 is 2.00 bits per heavy atom. The third-order valence-corrected chi connectivity index (χ3v) is 3.51. The van der Waals surface area contributed by atoms with Gasteiger partial charge in [-0.15, -0.1) is 0 Å². The monoisotopic (exact) mass is 262 g/mol. The van der Waals surface area contributed by atoms with Crippen LogP contribution in [0.1, 0.15) is 11.1 Å². The van der Waals surface area contributed by atoms with Gasteiger partial charge in [0.15, 0.2) is 0 Å². The lowest BCUT2D eigenvalue weighted by Crippen LogP contribution is -2.16. The van der Waals surface area contributed by atoms with E-state index in [-0.39, 0.29) is 0 Å². The second-order valence-corrected chi connectivity index (χ2v) is 5.16. The van der Waals surface area contributed by atoms with Gasteiger partial charge in [-0.05, 0) is 47.1 Å². The van der Waals surface area contributed by atoms with Crippen molar-refractivity contribution >= 4 is 17.0 Å². The molecule has 4 heteroatoms. The van der Waals surface area contributed by atoms with E-state index in [2.05, 4.69) is 34.8 Å². The van der Waals surface area contributed by atoms with Gasteiger partial charge in [0.25, 0.3) is 0 Å². The molecule has 0 fully saturated rings. The summed E-state index contributed by atoms with van der Waals surface area (Å²) in [5.41, 5.74) is 9.15. The number of benzene rings is 1. The lowest BCUT2D eigenvalue weighted by Gasteiger charge is -2.16. The number of methoxy groups -OCH3 is 1. The van der Waals surface area contributed by atoms with Crippen LogP contribution in [0.2, 0.25) is 0 Å². The summed E-state index contributed by atoms with van der Waals surface area (Å²) in [6, 6.07) is 8.11. The molecule has 0 saturated heterocycles. The third-order valence-electron chi connectivity index (χ3n) is 2.78. The first-order valence-corrected chi connectivity index (χ1v) is 6.75. The van der Waals surface area contributed by atoms with E-state index in [0.717, 1.165) is 18.8 Å². The van der Waals surface area contributed by atoms with Gasteiger partial charge in [0.05, 0.1) is 12.8 Å². The van der Waals surface area contributed by atoms with Crippen LogP contribution in [0.5, 0.6) is 5.75 Å². The topological polar surface area (TPSA) is 38.5 Å². The summed E-state index contributed by atoms with van der Waals surface area (Å²) in [4.78, 5) is 2.27. The molecule has 1 aromatic heterocycles. The summed E-state index contributed by atoms with van der Waals surface area (Å²) in [7, 11) is 3.74. The predicted octanol–water partition coefficient (Wildman–Crippen LogP) is 2.97. The van der Waals surface area contributed by atoms with Crippen molar-refractivity contribution < 1.29 is 4.74 Å². The van der Waals surface area contributed by atoms with Gasteiger partial charge < -0.3 is 10.5 Å². The number of rotatable bonds is 5. The first kappa shape index (κ1) is 12.9. The van der Waals surface area contributed by atoms with Gasteiger partial charge in [0.2, 0.25) is 0 Å². The molecule has 0 aliphatic heterocycles. The lowest BCUT2D eigenvalue weighted by atomic mass is 10.1. The van der Waals surface area contributed by atoms with Crippen LogP contribution in [0, 0.1) is 0 Å². The summed E-state index contributed by atoms with van der Waals surface area (Å²) in [6.07, 6.45) is 0. The van der Waals surface area contributed by atoms with Crippen LogP contribution in [0.15, 0.2) is 35.0 Å². The molecule has 2 rings (SSSR count). The van der Waals surface area contributed by atoms with Gasteiger partial charge in [-0.3, -0.25) is 4.90 Å². The molecule has 1 aromatic carbocycles. The minimum atomic E-state index is 0.693. The minimum absolute atomic E-state index is 0.693. The molecule has 0 atom stereocenters. The van der Waals surface area contributed by atoms with Crippen LogP contribution in [0.3, 0.4) is 0 Å². The molecule has 0 spiro atoms. The molecule has 0 aliphatic carbocycles. The highest BCUT2D eigenvalue weighted by Gasteiger charge is 2.05. The van der Waals surface area contributed by atoms with E-state index in [0.29, 0.717) is 5.69 Å². The molecular formula is C14H18N2OS. The predicted molar refractivity (Wildman–Crippen MR) is 76.9 cm³/mol.